The highest BCUT2D eigenvalue weighted by Crippen LogP contribution is 2.37. The van der Waals surface area contributed by atoms with Crippen LogP contribution in [-0.4, -0.2) is 27.6 Å². The summed E-state index contributed by atoms with van der Waals surface area (Å²) in [5.41, 5.74) is 1.01. The molecule has 2 unspecified atom stereocenters. The third-order valence-corrected chi connectivity index (χ3v) is 3.63. The first-order valence-corrected chi connectivity index (χ1v) is 6.37. The number of hydrogen-bond donors (Lipinski definition) is 2. The second-order valence-electron chi connectivity index (χ2n) is 5.13. The molecule has 1 saturated carbocycles. The van der Waals surface area contributed by atoms with Crippen LogP contribution >= 0.6 is 0 Å². The predicted molar refractivity (Wildman–Crippen MR) is 72.3 cm³/mol. The van der Waals surface area contributed by atoms with Gasteiger partial charge < -0.3 is 10.4 Å². The minimum absolute atomic E-state index is 0.253. The second kappa shape index (κ2) is 4.50. The molecular weight excluding hydrogens is 242 g/mol. The van der Waals surface area contributed by atoms with Crippen molar-refractivity contribution in [3.05, 3.63) is 30.0 Å². The Morgan fingerprint density at radius 3 is 3.00 bits per heavy atom. The molecule has 0 spiro atoms. The standard InChI is InChI=1S/C14H15N3O2/c1-8-4-10(8)6-15-14-16-7-11-5-9(13(18)19)2-3-12(11)17-14/h2-3,5,7-8,10H,4,6H2,1H3,(H,18,19)(H,15,16,17). The normalized spacial score (nSPS) is 21.3. The molecule has 0 amide bonds. The Balaban J connectivity index is 1.80. The van der Waals surface area contributed by atoms with E-state index in [1.165, 1.54) is 6.42 Å². The molecule has 1 aliphatic carbocycles. The van der Waals surface area contributed by atoms with E-state index in [2.05, 4.69) is 22.2 Å². The molecule has 0 radical (unpaired) electrons. The highest BCUT2D eigenvalue weighted by Gasteiger charge is 2.32. The van der Waals surface area contributed by atoms with Crippen molar-refractivity contribution in [3.63, 3.8) is 0 Å². The summed E-state index contributed by atoms with van der Waals surface area (Å²) in [6, 6.07) is 4.86. The molecule has 5 heteroatoms. The van der Waals surface area contributed by atoms with Crippen molar-refractivity contribution in [3.8, 4) is 0 Å². The zero-order chi connectivity index (χ0) is 13.4. The lowest BCUT2D eigenvalue weighted by Gasteiger charge is -2.05. The van der Waals surface area contributed by atoms with Crippen molar-refractivity contribution in [2.24, 2.45) is 11.8 Å². The van der Waals surface area contributed by atoms with Crippen molar-refractivity contribution in [2.75, 3.05) is 11.9 Å². The van der Waals surface area contributed by atoms with Crippen LogP contribution in [0.25, 0.3) is 10.9 Å². The SMILES string of the molecule is CC1CC1CNc1ncc2cc(C(=O)O)ccc2n1. The van der Waals surface area contributed by atoms with Crippen LogP contribution in [0.1, 0.15) is 23.7 Å². The number of rotatable bonds is 4. The maximum Gasteiger partial charge on any atom is 0.335 e. The molecule has 0 saturated heterocycles. The van der Waals surface area contributed by atoms with Crippen LogP contribution in [0, 0.1) is 11.8 Å². The maximum atomic E-state index is 10.9. The quantitative estimate of drug-likeness (QED) is 0.879. The molecule has 0 aliphatic heterocycles. The number of anilines is 1. The summed E-state index contributed by atoms with van der Waals surface area (Å²) in [4.78, 5) is 19.5. The van der Waals surface area contributed by atoms with Gasteiger partial charge in [0.1, 0.15) is 0 Å². The van der Waals surface area contributed by atoms with Crippen molar-refractivity contribution < 1.29 is 9.90 Å². The third kappa shape index (κ3) is 2.50. The predicted octanol–water partition coefficient (Wildman–Crippen LogP) is 2.40. The van der Waals surface area contributed by atoms with E-state index in [0.29, 0.717) is 5.95 Å². The fourth-order valence-corrected chi connectivity index (χ4v) is 2.16. The van der Waals surface area contributed by atoms with Gasteiger partial charge in [-0.2, -0.15) is 0 Å². The highest BCUT2D eigenvalue weighted by atomic mass is 16.4. The fraction of sp³-hybridized carbons (Fsp3) is 0.357. The summed E-state index contributed by atoms with van der Waals surface area (Å²) in [6.07, 6.45) is 2.93. The topological polar surface area (TPSA) is 75.1 Å². The van der Waals surface area contributed by atoms with Gasteiger partial charge in [0.15, 0.2) is 0 Å². The van der Waals surface area contributed by atoms with Gasteiger partial charge in [-0.1, -0.05) is 6.92 Å². The fourth-order valence-electron chi connectivity index (χ4n) is 2.16. The van der Waals surface area contributed by atoms with Crippen LogP contribution in [0.2, 0.25) is 0 Å². The minimum Gasteiger partial charge on any atom is -0.478 e. The van der Waals surface area contributed by atoms with Gasteiger partial charge in [0.05, 0.1) is 11.1 Å². The Labute approximate surface area is 110 Å². The third-order valence-electron chi connectivity index (χ3n) is 3.63. The lowest BCUT2D eigenvalue weighted by molar-refractivity contribution is 0.0697. The van der Waals surface area contributed by atoms with Crippen LogP contribution in [-0.2, 0) is 0 Å². The van der Waals surface area contributed by atoms with Crippen molar-refractivity contribution in [1.82, 2.24) is 9.97 Å². The Kier molecular flexibility index (Phi) is 2.81. The zero-order valence-electron chi connectivity index (χ0n) is 10.6. The molecule has 1 fully saturated rings. The molecule has 1 aliphatic rings. The van der Waals surface area contributed by atoms with Crippen LogP contribution in [0.3, 0.4) is 0 Å². The number of carboxylic acids is 1. The van der Waals surface area contributed by atoms with Gasteiger partial charge >= 0.3 is 5.97 Å². The van der Waals surface area contributed by atoms with Gasteiger partial charge in [-0.25, -0.2) is 14.8 Å². The van der Waals surface area contributed by atoms with Crippen molar-refractivity contribution in [1.29, 1.82) is 0 Å². The average molecular weight is 257 g/mol. The monoisotopic (exact) mass is 257 g/mol. The number of carbonyl (C=O) groups is 1. The number of carboxylic acid groups (broad SMARTS) is 1. The number of nitrogens with one attached hydrogen (secondary N) is 1. The molecule has 19 heavy (non-hydrogen) atoms. The summed E-state index contributed by atoms with van der Waals surface area (Å²) in [6.45, 7) is 3.14. The molecule has 98 valence electrons. The molecule has 1 aromatic carbocycles. The van der Waals surface area contributed by atoms with Gasteiger partial charge in [0.25, 0.3) is 0 Å². The summed E-state index contributed by atoms with van der Waals surface area (Å²) >= 11 is 0. The first-order chi connectivity index (χ1) is 9.13. The van der Waals surface area contributed by atoms with Gasteiger partial charge in [0.2, 0.25) is 5.95 Å². The molecule has 0 bridgehead atoms. The lowest BCUT2D eigenvalue weighted by atomic mass is 10.1. The molecule has 5 nitrogen and oxygen atoms in total. The zero-order valence-corrected chi connectivity index (χ0v) is 10.6. The number of aromatic nitrogens is 2. The largest absolute Gasteiger partial charge is 0.478 e. The van der Waals surface area contributed by atoms with E-state index in [4.69, 9.17) is 5.11 Å². The first kappa shape index (κ1) is 11.9. The number of aromatic carboxylic acids is 1. The van der Waals surface area contributed by atoms with Gasteiger partial charge in [-0.15, -0.1) is 0 Å². The Bertz CT molecular complexity index is 642. The van der Waals surface area contributed by atoms with E-state index in [0.717, 1.165) is 29.3 Å². The van der Waals surface area contributed by atoms with Gasteiger partial charge in [-0.05, 0) is 36.5 Å². The highest BCUT2D eigenvalue weighted by molar-refractivity contribution is 5.93. The second-order valence-corrected chi connectivity index (χ2v) is 5.13. The Hall–Kier alpha value is -2.17. The summed E-state index contributed by atoms with van der Waals surface area (Å²) in [7, 11) is 0. The first-order valence-electron chi connectivity index (χ1n) is 6.37. The summed E-state index contributed by atoms with van der Waals surface area (Å²) in [5, 5.41) is 12.9. The van der Waals surface area contributed by atoms with E-state index in [-0.39, 0.29) is 5.56 Å². The van der Waals surface area contributed by atoms with Crippen LogP contribution in [0.15, 0.2) is 24.4 Å². The molecule has 2 aromatic rings. The number of hydrogen-bond acceptors (Lipinski definition) is 4. The molecular formula is C14H15N3O2. The van der Waals surface area contributed by atoms with Crippen LogP contribution in [0.4, 0.5) is 5.95 Å². The average Bonchev–Trinajstić information content (AvgIpc) is 3.11. The lowest BCUT2D eigenvalue weighted by Crippen LogP contribution is -2.07. The molecule has 2 atom stereocenters. The van der Waals surface area contributed by atoms with Crippen LogP contribution < -0.4 is 5.32 Å². The van der Waals surface area contributed by atoms with E-state index >= 15 is 0 Å². The van der Waals surface area contributed by atoms with E-state index in [1.54, 1.807) is 24.4 Å². The van der Waals surface area contributed by atoms with Crippen LogP contribution in [0.5, 0.6) is 0 Å². The van der Waals surface area contributed by atoms with E-state index in [1.807, 2.05) is 0 Å². The van der Waals surface area contributed by atoms with E-state index in [9.17, 15) is 4.79 Å². The van der Waals surface area contributed by atoms with E-state index < -0.39 is 5.97 Å². The summed E-state index contributed by atoms with van der Waals surface area (Å²) < 4.78 is 0. The Morgan fingerprint density at radius 1 is 1.53 bits per heavy atom. The number of benzene rings is 1. The smallest absolute Gasteiger partial charge is 0.335 e. The Morgan fingerprint density at radius 2 is 2.32 bits per heavy atom. The summed E-state index contributed by atoms with van der Waals surface area (Å²) in [5.74, 6) is 1.20. The van der Waals surface area contributed by atoms with Crippen molar-refractivity contribution >= 4 is 22.8 Å². The minimum atomic E-state index is -0.938. The molecule has 2 N–H and O–H groups in total. The maximum absolute atomic E-state index is 10.9. The van der Waals surface area contributed by atoms with Crippen molar-refractivity contribution in [2.45, 2.75) is 13.3 Å². The molecule has 1 aromatic heterocycles. The molecule has 3 rings (SSSR count). The number of fused-ring (bicyclic) bond motifs is 1. The van der Waals surface area contributed by atoms with Gasteiger partial charge in [-0.3, -0.25) is 0 Å². The number of nitrogens with zero attached hydrogens (tertiary/aromatic N) is 2. The van der Waals surface area contributed by atoms with Gasteiger partial charge in [0, 0.05) is 18.1 Å². The molecule has 1 heterocycles.